The summed E-state index contributed by atoms with van der Waals surface area (Å²) in [4.78, 5) is 15.6. The van der Waals surface area contributed by atoms with Gasteiger partial charge in [0.05, 0.1) is 23.4 Å². The lowest BCUT2D eigenvalue weighted by Gasteiger charge is -2.23. The number of imidazole rings is 1. The average molecular weight is 257 g/mol. The fourth-order valence-corrected chi connectivity index (χ4v) is 4.12. The molecule has 17 heavy (non-hydrogen) atoms. The SMILES string of the molecule is CC1(NC(=O)Cn2ccnc2)CCS(=O)(=O)C1. The van der Waals surface area contributed by atoms with Crippen molar-refractivity contribution in [2.75, 3.05) is 11.5 Å². The molecule has 2 heterocycles. The summed E-state index contributed by atoms with van der Waals surface area (Å²) in [6.45, 7) is 1.93. The Hall–Kier alpha value is -1.37. The van der Waals surface area contributed by atoms with Gasteiger partial charge in [0.1, 0.15) is 6.54 Å². The third-order valence-electron chi connectivity index (χ3n) is 2.83. The predicted molar refractivity (Wildman–Crippen MR) is 62.0 cm³/mol. The zero-order valence-electron chi connectivity index (χ0n) is 9.59. The van der Waals surface area contributed by atoms with E-state index >= 15 is 0 Å². The van der Waals surface area contributed by atoms with E-state index in [0.29, 0.717) is 6.42 Å². The highest BCUT2D eigenvalue weighted by Crippen LogP contribution is 2.22. The predicted octanol–water partition coefficient (Wildman–Crippen LogP) is -0.424. The normalized spacial score (nSPS) is 26.9. The van der Waals surface area contributed by atoms with Gasteiger partial charge < -0.3 is 9.88 Å². The first-order chi connectivity index (χ1) is 7.89. The lowest BCUT2D eigenvalue weighted by Crippen LogP contribution is -2.48. The van der Waals surface area contributed by atoms with Crippen LogP contribution in [0.3, 0.4) is 0 Å². The number of aromatic nitrogens is 2. The molecule has 1 fully saturated rings. The number of nitrogens with zero attached hydrogens (tertiary/aromatic N) is 2. The maximum atomic E-state index is 11.7. The van der Waals surface area contributed by atoms with Gasteiger partial charge in [-0.3, -0.25) is 4.79 Å². The molecule has 1 aromatic rings. The Kier molecular flexibility index (Phi) is 2.94. The molecule has 1 aromatic heterocycles. The molecule has 1 unspecified atom stereocenters. The molecular formula is C10H15N3O3S. The molecule has 1 aliphatic heterocycles. The van der Waals surface area contributed by atoms with Crippen molar-refractivity contribution in [2.45, 2.75) is 25.4 Å². The third kappa shape index (κ3) is 3.06. The van der Waals surface area contributed by atoms with Gasteiger partial charge in [-0.25, -0.2) is 13.4 Å². The van der Waals surface area contributed by atoms with Crippen LogP contribution in [0.2, 0.25) is 0 Å². The van der Waals surface area contributed by atoms with Gasteiger partial charge in [-0.1, -0.05) is 0 Å². The van der Waals surface area contributed by atoms with Crippen molar-refractivity contribution in [1.29, 1.82) is 0 Å². The minimum Gasteiger partial charge on any atom is -0.348 e. The van der Waals surface area contributed by atoms with Gasteiger partial charge in [0.2, 0.25) is 5.91 Å². The zero-order valence-corrected chi connectivity index (χ0v) is 10.4. The number of hydrogen-bond donors (Lipinski definition) is 1. The number of sulfone groups is 1. The number of carbonyl (C=O) groups is 1. The molecule has 1 amide bonds. The van der Waals surface area contributed by atoms with Gasteiger partial charge in [-0.05, 0) is 13.3 Å². The Morgan fingerprint density at radius 3 is 2.88 bits per heavy atom. The van der Waals surface area contributed by atoms with Crippen molar-refractivity contribution in [3.05, 3.63) is 18.7 Å². The van der Waals surface area contributed by atoms with E-state index in [-0.39, 0.29) is 24.0 Å². The number of rotatable bonds is 3. The van der Waals surface area contributed by atoms with Crippen LogP contribution >= 0.6 is 0 Å². The zero-order chi connectivity index (χ0) is 12.5. The topological polar surface area (TPSA) is 81.1 Å². The highest BCUT2D eigenvalue weighted by Gasteiger charge is 2.39. The second-order valence-electron chi connectivity index (χ2n) is 4.69. The standard InChI is InChI=1S/C10H15N3O3S/c1-10(2-5-17(15,16)7-10)12-9(14)6-13-4-3-11-8-13/h3-4,8H,2,5-7H2,1H3,(H,12,14). The molecule has 1 N–H and O–H groups in total. The number of hydrogen-bond acceptors (Lipinski definition) is 4. The van der Waals surface area contributed by atoms with Gasteiger partial charge in [-0.15, -0.1) is 0 Å². The van der Waals surface area contributed by atoms with Crippen molar-refractivity contribution in [3.8, 4) is 0 Å². The van der Waals surface area contributed by atoms with Crippen molar-refractivity contribution >= 4 is 15.7 Å². The molecule has 0 aliphatic carbocycles. The molecule has 1 saturated heterocycles. The van der Waals surface area contributed by atoms with Gasteiger partial charge >= 0.3 is 0 Å². The van der Waals surface area contributed by atoms with Crippen molar-refractivity contribution in [3.63, 3.8) is 0 Å². The Bertz CT molecular complexity index is 509. The summed E-state index contributed by atoms with van der Waals surface area (Å²) in [7, 11) is -3.00. The van der Waals surface area contributed by atoms with Crippen LogP contribution in [0, 0.1) is 0 Å². The minimum absolute atomic E-state index is 0.0235. The summed E-state index contributed by atoms with van der Waals surface area (Å²) in [6, 6.07) is 0. The smallest absolute Gasteiger partial charge is 0.240 e. The Morgan fingerprint density at radius 2 is 2.35 bits per heavy atom. The third-order valence-corrected chi connectivity index (χ3v) is 4.73. The monoisotopic (exact) mass is 257 g/mol. The molecule has 94 valence electrons. The van der Waals surface area contributed by atoms with E-state index in [1.54, 1.807) is 30.2 Å². The van der Waals surface area contributed by atoms with Crippen molar-refractivity contribution in [2.24, 2.45) is 0 Å². The highest BCUT2D eigenvalue weighted by atomic mass is 32.2. The van der Waals surface area contributed by atoms with Crippen LogP contribution in [0.5, 0.6) is 0 Å². The maximum absolute atomic E-state index is 11.7. The number of nitrogens with one attached hydrogen (secondary N) is 1. The van der Waals surface area contributed by atoms with Crippen LogP contribution in [-0.4, -0.2) is 40.9 Å². The number of amides is 1. The van der Waals surface area contributed by atoms with Crippen LogP contribution < -0.4 is 5.32 Å². The molecular weight excluding hydrogens is 242 g/mol. The Morgan fingerprint density at radius 1 is 1.59 bits per heavy atom. The summed E-state index contributed by atoms with van der Waals surface area (Å²) in [5.41, 5.74) is -0.628. The summed E-state index contributed by atoms with van der Waals surface area (Å²) in [5, 5.41) is 2.78. The first-order valence-electron chi connectivity index (χ1n) is 5.36. The molecule has 0 bridgehead atoms. The lowest BCUT2D eigenvalue weighted by molar-refractivity contribution is -0.123. The largest absolute Gasteiger partial charge is 0.348 e. The molecule has 6 nitrogen and oxygen atoms in total. The average Bonchev–Trinajstić information content (AvgIpc) is 2.74. The minimum atomic E-state index is -3.00. The van der Waals surface area contributed by atoms with Gasteiger partial charge in [0.15, 0.2) is 9.84 Å². The summed E-state index contributed by atoms with van der Waals surface area (Å²) in [5.74, 6) is -0.0209. The van der Waals surface area contributed by atoms with Crippen molar-refractivity contribution < 1.29 is 13.2 Å². The van der Waals surface area contributed by atoms with Crippen LogP contribution in [-0.2, 0) is 21.2 Å². The van der Waals surface area contributed by atoms with E-state index in [1.165, 1.54) is 0 Å². The van der Waals surface area contributed by atoms with E-state index in [1.807, 2.05) is 0 Å². The molecule has 0 aromatic carbocycles. The molecule has 7 heteroatoms. The van der Waals surface area contributed by atoms with E-state index in [9.17, 15) is 13.2 Å². The summed E-state index contributed by atoms with van der Waals surface area (Å²) in [6.07, 6.45) is 5.31. The van der Waals surface area contributed by atoms with Crippen LogP contribution in [0.25, 0.3) is 0 Å². The van der Waals surface area contributed by atoms with E-state index < -0.39 is 15.4 Å². The lowest BCUT2D eigenvalue weighted by atomic mass is 10.0. The first kappa shape index (κ1) is 12.1. The maximum Gasteiger partial charge on any atom is 0.240 e. The number of carbonyl (C=O) groups excluding carboxylic acids is 1. The highest BCUT2D eigenvalue weighted by molar-refractivity contribution is 7.91. The molecule has 1 atom stereocenters. The van der Waals surface area contributed by atoms with E-state index in [2.05, 4.69) is 10.3 Å². The molecule has 1 aliphatic rings. The van der Waals surface area contributed by atoms with Crippen LogP contribution in [0.1, 0.15) is 13.3 Å². The summed E-state index contributed by atoms with van der Waals surface area (Å²) < 4.78 is 24.4. The van der Waals surface area contributed by atoms with Gasteiger partial charge in [0, 0.05) is 12.4 Å². The second kappa shape index (κ2) is 4.14. The van der Waals surface area contributed by atoms with E-state index in [4.69, 9.17) is 0 Å². The summed E-state index contributed by atoms with van der Waals surface area (Å²) >= 11 is 0. The first-order valence-corrected chi connectivity index (χ1v) is 7.18. The molecule has 0 spiro atoms. The van der Waals surface area contributed by atoms with Gasteiger partial charge in [-0.2, -0.15) is 0 Å². The molecule has 0 radical (unpaired) electrons. The van der Waals surface area contributed by atoms with Gasteiger partial charge in [0.25, 0.3) is 0 Å². The Balaban J connectivity index is 1.95. The molecule has 0 saturated carbocycles. The molecule has 2 rings (SSSR count). The van der Waals surface area contributed by atoms with Crippen LogP contribution in [0.15, 0.2) is 18.7 Å². The van der Waals surface area contributed by atoms with Crippen molar-refractivity contribution in [1.82, 2.24) is 14.9 Å². The quantitative estimate of drug-likeness (QED) is 0.797. The fourth-order valence-electron chi connectivity index (χ4n) is 2.03. The second-order valence-corrected chi connectivity index (χ2v) is 6.87. The Labute approximate surface area is 100.0 Å². The van der Waals surface area contributed by atoms with Crippen LogP contribution in [0.4, 0.5) is 0 Å². The fraction of sp³-hybridized carbons (Fsp3) is 0.600. The van der Waals surface area contributed by atoms with E-state index in [0.717, 1.165) is 0 Å².